The molecule has 0 aliphatic rings. The van der Waals surface area contributed by atoms with E-state index in [2.05, 4.69) is 4.98 Å². The van der Waals surface area contributed by atoms with Crippen molar-refractivity contribution in [2.45, 2.75) is 9.24 Å². The van der Waals surface area contributed by atoms with Crippen LogP contribution in [0.15, 0.2) is 39.0 Å². The van der Waals surface area contributed by atoms with Gasteiger partial charge in [0.15, 0.2) is 4.34 Å². The lowest BCUT2D eigenvalue weighted by atomic mass is 10.3. The van der Waals surface area contributed by atoms with Gasteiger partial charge in [-0.1, -0.05) is 11.8 Å². The lowest BCUT2D eigenvalue weighted by molar-refractivity contribution is -0.385. The highest BCUT2D eigenvalue weighted by molar-refractivity contribution is 8.01. The lowest BCUT2D eigenvalue weighted by Gasteiger charge is -2.00. The van der Waals surface area contributed by atoms with Gasteiger partial charge < -0.3 is 5.73 Å². The number of thiazole rings is 1. The van der Waals surface area contributed by atoms with E-state index < -0.39 is 4.92 Å². The summed E-state index contributed by atoms with van der Waals surface area (Å²) >= 11 is 2.84. The van der Waals surface area contributed by atoms with Crippen LogP contribution in [0.25, 0.3) is 0 Å². The van der Waals surface area contributed by atoms with Gasteiger partial charge in [0.2, 0.25) is 0 Å². The average molecular weight is 253 g/mol. The average Bonchev–Trinajstić information content (AvgIpc) is 2.69. The van der Waals surface area contributed by atoms with Crippen LogP contribution < -0.4 is 5.73 Å². The van der Waals surface area contributed by atoms with Gasteiger partial charge in [0.1, 0.15) is 0 Å². The fourth-order valence-electron chi connectivity index (χ4n) is 1.13. The molecule has 1 heterocycles. The topological polar surface area (TPSA) is 82.0 Å². The van der Waals surface area contributed by atoms with Crippen LogP contribution >= 0.6 is 23.1 Å². The highest BCUT2D eigenvalue weighted by Crippen LogP contribution is 2.32. The molecule has 0 aliphatic carbocycles. The molecule has 0 radical (unpaired) electrons. The summed E-state index contributed by atoms with van der Waals surface area (Å²) in [6.45, 7) is 0. The minimum Gasteiger partial charge on any atom is -0.398 e. The van der Waals surface area contributed by atoms with E-state index in [9.17, 15) is 10.1 Å². The van der Waals surface area contributed by atoms with E-state index in [0.717, 1.165) is 9.24 Å². The van der Waals surface area contributed by atoms with Gasteiger partial charge in [-0.15, -0.1) is 11.3 Å². The Morgan fingerprint density at radius 2 is 2.25 bits per heavy atom. The number of rotatable bonds is 3. The predicted molar refractivity (Wildman–Crippen MR) is 63.7 cm³/mol. The van der Waals surface area contributed by atoms with Gasteiger partial charge in [-0.3, -0.25) is 10.1 Å². The zero-order valence-corrected chi connectivity index (χ0v) is 9.62. The van der Waals surface area contributed by atoms with Crippen molar-refractivity contribution in [3.8, 4) is 0 Å². The molecule has 2 rings (SSSR count). The summed E-state index contributed by atoms with van der Waals surface area (Å²) < 4.78 is 0.833. The van der Waals surface area contributed by atoms with Crippen molar-refractivity contribution in [3.05, 3.63) is 39.9 Å². The Labute approximate surface area is 99.5 Å². The minimum absolute atomic E-state index is 0.000874. The number of nitro groups is 1. The van der Waals surface area contributed by atoms with E-state index in [1.165, 1.54) is 35.2 Å². The molecule has 1 aromatic heterocycles. The number of nitrogens with zero attached hydrogens (tertiary/aromatic N) is 2. The molecule has 0 aliphatic heterocycles. The summed E-state index contributed by atoms with van der Waals surface area (Å²) in [6, 6.07) is 4.52. The Morgan fingerprint density at radius 1 is 1.44 bits per heavy atom. The maximum atomic E-state index is 10.6. The molecular weight excluding hydrogens is 246 g/mol. The molecule has 0 unspecified atom stereocenters. The summed E-state index contributed by atoms with van der Waals surface area (Å²) in [5.74, 6) is 0. The van der Waals surface area contributed by atoms with Crippen LogP contribution in [0.1, 0.15) is 0 Å². The smallest absolute Gasteiger partial charge is 0.272 e. The molecule has 0 amide bonds. The number of nitro benzene ring substituents is 1. The monoisotopic (exact) mass is 253 g/mol. The first-order chi connectivity index (χ1) is 7.65. The zero-order chi connectivity index (χ0) is 11.5. The van der Waals surface area contributed by atoms with Gasteiger partial charge in [-0.05, 0) is 6.07 Å². The third kappa shape index (κ3) is 2.50. The van der Waals surface area contributed by atoms with E-state index in [-0.39, 0.29) is 5.69 Å². The largest absolute Gasteiger partial charge is 0.398 e. The summed E-state index contributed by atoms with van der Waals surface area (Å²) in [5, 5.41) is 12.5. The number of hydrogen-bond acceptors (Lipinski definition) is 6. The van der Waals surface area contributed by atoms with Crippen LogP contribution in [0.3, 0.4) is 0 Å². The maximum Gasteiger partial charge on any atom is 0.272 e. The molecule has 0 atom stereocenters. The third-order valence-corrected chi connectivity index (χ3v) is 3.59. The Morgan fingerprint density at radius 3 is 2.88 bits per heavy atom. The van der Waals surface area contributed by atoms with Crippen LogP contribution in [0, 0.1) is 10.1 Å². The Bertz CT molecular complexity index is 513. The van der Waals surface area contributed by atoms with Crippen LogP contribution in [0.4, 0.5) is 11.4 Å². The van der Waals surface area contributed by atoms with Gasteiger partial charge in [0.05, 0.1) is 4.92 Å². The molecule has 82 valence electrons. The highest BCUT2D eigenvalue weighted by atomic mass is 32.2. The summed E-state index contributed by atoms with van der Waals surface area (Å²) in [6.07, 6.45) is 1.69. The van der Waals surface area contributed by atoms with Gasteiger partial charge >= 0.3 is 0 Å². The molecule has 0 bridgehead atoms. The number of anilines is 1. The summed E-state index contributed by atoms with van der Waals surface area (Å²) in [5.41, 5.74) is 5.97. The summed E-state index contributed by atoms with van der Waals surface area (Å²) in [4.78, 5) is 15.0. The number of nitrogen functional groups attached to an aromatic ring is 1. The zero-order valence-electron chi connectivity index (χ0n) is 7.99. The van der Waals surface area contributed by atoms with E-state index in [4.69, 9.17) is 5.73 Å². The van der Waals surface area contributed by atoms with Gasteiger partial charge in [-0.25, -0.2) is 4.98 Å². The van der Waals surface area contributed by atoms with E-state index in [1.807, 2.05) is 5.38 Å². The van der Waals surface area contributed by atoms with Crippen molar-refractivity contribution >= 4 is 34.5 Å². The number of nitrogens with two attached hydrogens (primary N) is 1. The van der Waals surface area contributed by atoms with Crippen LogP contribution in [0.5, 0.6) is 0 Å². The molecular formula is C9H7N3O2S2. The predicted octanol–water partition coefficient (Wildman–Crippen LogP) is 2.78. The number of aromatic nitrogens is 1. The maximum absolute atomic E-state index is 10.6. The number of non-ortho nitro benzene ring substituents is 1. The quantitative estimate of drug-likeness (QED) is 0.516. The van der Waals surface area contributed by atoms with Crippen molar-refractivity contribution in [1.29, 1.82) is 0 Å². The Balaban J connectivity index is 2.31. The molecule has 0 spiro atoms. The van der Waals surface area contributed by atoms with Crippen molar-refractivity contribution in [2.24, 2.45) is 0 Å². The fraction of sp³-hybridized carbons (Fsp3) is 0. The first-order valence-electron chi connectivity index (χ1n) is 4.27. The highest BCUT2D eigenvalue weighted by Gasteiger charge is 2.10. The molecule has 2 N–H and O–H groups in total. The Hall–Kier alpha value is -1.60. The third-order valence-electron chi connectivity index (χ3n) is 1.74. The van der Waals surface area contributed by atoms with Crippen molar-refractivity contribution in [2.75, 3.05) is 5.73 Å². The molecule has 16 heavy (non-hydrogen) atoms. The standard InChI is InChI=1S/C9H7N3O2S2/c10-6-3-7(12(13)14)5-8(4-6)16-9-11-1-2-15-9/h1-5H,10H2. The first-order valence-corrected chi connectivity index (χ1v) is 5.97. The molecule has 0 saturated carbocycles. The van der Waals surface area contributed by atoms with Crippen LogP contribution in [-0.4, -0.2) is 9.91 Å². The van der Waals surface area contributed by atoms with Crippen LogP contribution in [-0.2, 0) is 0 Å². The number of hydrogen-bond donors (Lipinski definition) is 1. The second-order valence-electron chi connectivity index (χ2n) is 2.92. The van der Waals surface area contributed by atoms with Crippen molar-refractivity contribution < 1.29 is 4.92 Å². The number of benzene rings is 1. The molecule has 2 aromatic rings. The second kappa shape index (κ2) is 4.50. The normalized spacial score (nSPS) is 10.2. The van der Waals surface area contributed by atoms with Crippen LogP contribution in [0.2, 0.25) is 0 Å². The van der Waals surface area contributed by atoms with E-state index in [0.29, 0.717) is 5.69 Å². The van der Waals surface area contributed by atoms with Crippen molar-refractivity contribution in [3.63, 3.8) is 0 Å². The van der Waals surface area contributed by atoms with Gasteiger partial charge in [0.25, 0.3) is 5.69 Å². The lowest BCUT2D eigenvalue weighted by Crippen LogP contribution is -1.91. The van der Waals surface area contributed by atoms with Gasteiger partial charge in [0, 0.05) is 34.3 Å². The van der Waals surface area contributed by atoms with Crippen molar-refractivity contribution in [1.82, 2.24) is 4.98 Å². The van der Waals surface area contributed by atoms with Gasteiger partial charge in [-0.2, -0.15) is 0 Å². The molecule has 7 heteroatoms. The minimum atomic E-state index is -0.456. The SMILES string of the molecule is Nc1cc(Sc2nccs2)cc([N+](=O)[O-])c1. The summed E-state index contributed by atoms with van der Waals surface area (Å²) in [7, 11) is 0. The molecule has 1 aromatic carbocycles. The molecule has 5 nitrogen and oxygen atoms in total. The molecule has 0 saturated heterocycles. The van der Waals surface area contributed by atoms with E-state index >= 15 is 0 Å². The first kappa shape index (κ1) is 10.9. The molecule has 0 fully saturated rings. The fourth-order valence-corrected chi connectivity index (χ4v) is 2.83. The Kier molecular flexibility index (Phi) is 3.07. The second-order valence-corrected chi connectivity index (χ2v) is 5.13. The van der Waals surface area contributed by atoms with E-state index in [1.54, 1.807) is 12.3 Å².